The summed E-state index contributed by atoms with van der Waals surface area (Å²) in [7, 11) is 0. The maximum absolute atomic E-state index is 13.0. The molecule has 1 unspecified atom stereocenters. The summed E-state index contributed by atoms with van der Waals surface area (Å²) in [5.74, 6) is 0.230. The SMILES string of the molecule is CCCCC(CCCC)COC(=O)[C@H](Cc1ccccc1)NP(=O)(Cl)Oc1ccccc1. The van der Waals surface area contributed by atoms with Gasteiger partial charge >= 0.3 is 12.8 Å². The number of halogens is 1. The highest BCUT2D eigenvalue weighted by Gasteiger charge is 2.31. The highest BCUT2D eigenvalue weighted by molar-refractivity contribution is 7.84. The van der Waals surface area contributed by atoms with Crippen molar-refractivity contribution in [3.63, 3.8) is 0 Å². The second-order valence-corrected chi connectivity index (χ2v) is 10.8. The van der Waals surface area contributed by atoms with Crippen molar-refractivity contribution in [2.24, 2.45) is 5.92 Å². The monoisotopic (exact) mass is 479 g/mol. The molecule has 0 bridgehead atoms. The molecular weight excluding hydrogens is 445 g/mol. The maximum atomic E-state index is 13.0. The van der Waals surface area contributed by atoms with Crippen LogP contribution in [0.1, 0.15) is 57.9 Å². The molecule has 0 spiro atoms. The number of benzene rings is 2. The van der Waals surface area contributed by atoms with E-state index in [1.165, 1.54) is 0 Å². The average Bonchev–Trinajstić information content (AvgIpc) is 2.79. The van der Waals surface area contributed by atoms with E-state index < -0.39 is 18.9 Å². The smallest absolute Gasteiger partial charge is 0.409 e. The van der Waals surface area contributed by atoms with E-state index in [4.69, 9.17) is 20.5 Å². The van der Waals surface area contributed by atoms with Gasteiger partial charge in [-0.15, -0.1) is 0 Å². The first kappa shape index (κ1) is 26.4. The number of ether oxygens (including phenoxy) is 1. The molecule has 1 N–H and O–H groups in total. The zero-order chi connectivity index (χ0) is 23.2. The third kappa shape index (κ3) is 10.2. The number of para-hydroxylation sites is 1. The third-order valence-electron chi connectivity index (χ3n) is 5.24. The third-order valence-corrected chi connectivity index (χ3v) is 6.80. The van der Waals surface area contributed by atoms with Gasteiger partial charge in [0.05, 0.1) is 6.61 Å². The molecule has 2 aromatic carbocycles. The van der Waals surface area contributed by atoms with Crippen LogP contribution in [0.3, 0.4) is 0 Å². The highest BCUT2D eigenvalue weighted by atomic mass is 35.7. The number of esters is 1. The van der Waals surface area contributed by atoms with Gasteiger partial charge < -0.3 is 9.26 Å². The summed E-state index contributed by atoms with van der Waals surface area (Å²) in [4.78, 5) is 13.0. The van der Waals surface area contributed by atoms with Gasteiger partial charge in [0.15, 0.2) is 0 Å². The molecule has 2 rings (SSSR count). The molecule has 176 valence electrons. The second kappa shape index (κ2) is 14.4. The summed E-state index contributed by atoms with van der Waals surface area (Å²) in [6.45, 7) is 0.857. The van der Waals surface area contributed by atoms with Gasteiger partial charge in [-0.25, -0.2) is 9.65 Å². The van der Waals surface area contributed by atoms with Crippen LogP contribution in [-0.4, -0.2) is 18.6 Å². The Morgan fingerprint density at radius 3 is 2.09 bits per heavy atom. The molecule has 5 nitrogen and oxygen atoms in total. The number of hydrogen-bond acceptors (Lipinski definition) is 4. The zero-order valence-electron chi connectivity index (χ0n) is 19.0. The predicted molar refractivity (Wildman–Crippen MR) is 131 cm³/mol. The minimum atomic E-state index is -3.82. The Labute approximate surface area is 197 Å². The molecule has 7 heteroatoms. The van der Waals surface area contributed by atoms with E-state index >= 15 is 0 Å². The number of unbranched alkanes of at least 4 members (excludes halogenated alkanes) is 2. The predicted octanol–water partition coefficient (Wildman–Crippen LogP) is 7.15. The molecule has 0 heterocycles. The number of carbonyl (C=O) groups excluding carboxylic acids is 1. The Kier molecular flexibility index (Phi) is 11.9. The summed E-state index contributed by atoms with van der Waals surface area (Å²) in [6.07, 6.45) is 6.81. The molecule has 0 saturated heterocycles. The van der Waals surface area contributed by atoms with Gasteiger partial charge in [-0.1, -0.05) is 88.1 Å². The molecule has 0 aliphatic heterocycles. The minimum Gasteiger partial charge on any atom is -0.464 e. The number of nitrogens with one attached hydrogen (secondary N) is 1. The first-order valence-corrected chi connectivity index (χ1v) is 14.0. The Hall–Kier alpha value is -1.81. The Morgan fingerprint density at radius 2 is 1.53 bits per heavy atom. The second-order valence-electron chi connectivity index (χ2n) is 8.04. The fourth-order valence-corrected chi connectivity index (χ4v) is 5.07. The van der Waals surface area contributed by atoms with E-state index in [0.717, 1.165) is 44.1 Å². The topological polar surface area (TPSA) is 64.6 Å². The van der Waals surface area contributed by atoms with Crippen molar-refractivity contribution in [3.8, 4) is 5.75 Å². The van der Waals surface area contributed by atoms with Crippen LogP contribution in [0, 0.1) is 5.92 Å². The molecule has 32 heavy (non-hydrogen) atoms. The fourth-order valence-electron chi connectivity index (χ4n) is 3.46. The van der Waals surface area contributed by atoms with Crippen molar-refractivity contribution in [1.29, 1.82) is 0 Å². The van der Waals surface area contributed by atoms with Crippen molar-refractivity contribution in [2.45, 2.75) is 64.8 Å². The first-order valence-electron chi connectivity index (χ1n) is 11.5. The van der Waals surface area contributed by atoms with Crippen LogP contribution in [0.25, 0.3) is 0 Å². The van der Waals surface area contributed by atoms with E-state index in [1.54, 1.807) is 24.3 Å². The van der Waals surface area contributed by atoms with Crippen molar-refractivity contribution >= 4 is 24.1 Å². The fraction of sp³-hybridized carbons (Fsp3) is 0.480. The van der Waals surface area contributed by atoms with Gasteiger partial charge in [-0.05, 0) is 42.9 Å². The maximum Gasteiger partial charge on any atom is 0.409 e. The summed E-state index contributed by atoms with van der Waals surface area (Å²) >= 11 is 6.19. The molecule has 2 atom stereocenters. The van der Waals surface area contributed by atoms with Crippen LogP contribution in [0.15, 0.2) is 60.7 Å². The van der Waals surface area contributed by atoms with Gasteiger partial charge in [0.2, 0.25) is 0 Å². The van der Waals surface area contributed by atoms with Crippen molar-refractivity contribution < 1.29 is 18.6 Å². The summed E-state index contributed by atoms with van der Waals surface area (Å²) in [5.41, 5.74) is 0.909. The van der Waals surface area contributed by atoms with Gasteiger partial charge in [0.1, 0.15) is 11.8 Å². The lowest BCUT2D eigenvalue weighted by Gasteiger charge is -2.23. The number of carbonyl (C=O) groups is 1. The molecular formula is C25H35ClNO4P. The number of rotatable bonds is 15. The van der Waals surface area contributed by atoms with E-state index in [0.29, 0.717) is 24.7 Å². The van der Waals surface area contributed by atoms with Gasteiger partial charge in [-0.3, -0.25) is 4.79 Å². The number of hydrogen-bond donors (Lipinski definition) is 1. The van der Waals surface area contributed by atoms with Gasteiger partial charge in [0, 0.05) is 11.2 Å². The molecule has 0 amide bonds. The summed E-state index contributed by atoms with van der Waals surface area (Å²) in [5, 5.41) is 2.72. The van der Waals surface area contributed by atoms with E-state index in [9.17, 15) is 9.36 Å². The molecule has 0 fully saturated rings. The van der Waals surface area contributed by atoms with Crippen molar-refractivity contribution in [1.82, 2.24) is 5.09 Å². The Morgan fingerprint density at radius 1 is 0.969 bits per heavy atom. The van der Waals surface area contributed by atoms with Crippen molar-refractivity contribution in [3.05, 3.63) is 66.2 Å². The Bertz CT molecular complexity index is 826. The van der Waals surface area contributed by atoms with Gasteiger partial charge in [-0.2, -0.15) is 0 Å². The van der Waals surface area contributed by atoms with Crippen LogP contribution in [-0.2, 0) is 20.5 Å². The summed E-state index contributed by atoms with van der Waals surface area (Å²) < 4.78 is 24.1. The zero-order valence-corrected chi connectivity index (χ0v) is 20.7. The van der Waals surface area contributed by atoms with E-state index in [2.05, 4.69) is 18.9 Å². The summed E-state index contributed by atoms with van der Waals surface area (Å²) in [6, 6.07) is 17.3. The standard InChI is InChI=1S/C25H35ClNO4P/c1-3-5-13-22(14-6-4-2)20-30-25(28)24(19-21-15-9-7-10-16-21)27-32(26,29)31-23-17-11-8-12-18-23/h7-12,15-18,22,24H,3-6,13-14,19-20H2,1-2H3,(H,27,29)/t24-,32?/m0/s1. The van der Waals surface area contributed by atoms with E-state index in [1.807, 2.05) is 36.4 Å². The molecule has 0 radical (unpaired) electrons. The largest absolute Gasteiger partial charge is 0.464 e. The van der Waals surface area contributed by atoms with Crippen LogP contribution < -0.4 is 9.61 Å². The lowest BCUT2D eigenvalue weighted by molar-refractivity contribution is -0.147. The average molecular weight is 480 g/mol. The lowest BCUT2D eigenvalue weighted by Crippen LogP contribution is -2.38. The molecule has 0 aromatic heterocycles. The molecule has 2 aromatic rings. The van der Waals surface area contributed by atoms with Crippen LogP contribution >= 0.6 is 18.1 Å². The highest BCUT2D eigenvalue weighted by Crippen LogP contribution is 2.48. The van der Waals surface area contributed by atoms with Crippen LogP contribution in [0.2, 0.25) is 0 Å². The first-order chi connectivity index (χ1) is 15.4. The molecule has 0 aliphatic carbocycles. The molecule has 0 aliphatic rings. The van der Waals surface area contributed by atoms with E-state index in [-0.39, 0.29) is 0 Å². The van der Waals surface area contributed by atoms with Crippen LogP contribution in [0.5, 0.6) is 5.75 Å². The lowest BCUT2D eigenvalue weighted by atomic mass is 9.97. The Balaban J connectivity index is 2.07. The normalized spacial score (nSPS) is 14.0. The van der Waals surface area contributed by atoms with Crippen molar-refractivity contribution in [2.75, 3.05) is 6.61 Å². The minimum absolute atomic E-state index is 0.295. The van der Waals surface area contributed by atoms with Gasteiger partial charge in [0.25, 0.3) is 0 Å². The molecule has 0 saturated carbocycles. The quantitative estimate of drug-likeness (QED) is 0.217. The van der Waals surface area contributed by atoms with Crippen LogP contribution in [0.4, 0.5) is 0 Å².